The van der Waals surface area contributed by atoms with Gasteiger partial charge in [0.1, 0.15) is 0 Å². The molecule has 0 unspecified atom stereocenters. The van der Waals surface area contributed by atoms with Crippen LogP contribution in [-0.4, -0.2) is 21.2 Å². The second-order valence-electron chi connectivity index (χ2n) is 23.0. The van der Waals surface area contributed by atoms with E-state index in [1.165, 1.54) is 38.3 Å². The van der Waals surface area contributed by atoms with Gasteiger partial charge in [-0.15, -0.1) is 0 Å². The van der Waals surface area contributed by atoms with Gasteiger partial charge in [-0.1, -0.05) is 224 Å². The van der Waals surface area contributed by atoms with Gasteiger partial charge in [0.2, 0.25) is 0 Å². The van der Waals surface area contributed by atoms with Crippen molar-refractivity contribution in [2.45, 2.75) is 52.4 Å². The molecule has 0 fully saturated rings. The van der Waals surface area contributed by atoms with E-state index < -0.39 is 0 Å². The van der Waals surface area contributed by atoms with Crippen LogP contribution in [0.5, 0.6) is 0 Å². The highest BCUT2D eigenvalue weighted by Gasteiger charge is 2.46. The van der Waals surface area contributed by atoms with Gasteiger partial charge < -0.3 is 14.4 Å². The van der Waals surface area contributed by atoms with Crippen molar-refractivity contribution in [2.24, 2.45) is 0 Å². The minimum absolute atomic E-state index is 0.132. The number of hydrogen-bond acceptors (Lipinski definition) is 4. The summed E-state index contributed by atoms with van der Waals surface area (Å²) >= 11 is 0. The number of rotatable bonds is 7. The molecule has 0 bridgehead atoms. The third-order valence-corrected chi connectivity index (χ3v) is 16.2. The smallest absolute Gasteiger partial charge is 0.252 e. The second-order valence-corrected chi connectivity index (χ2v) is 23.0. The predicted octanol–water partition coefficient (Wildman–Crippen LogP) is 16.9. The molecule has 0 saturated heterocycles. The average molecular weight is 1000 g/mol. The summed E-state index contributed by atoms with van der Waals surface area (Å²) in [7, 11) is 0. The van der Waals surface area contributed by atoms with Gasteiger partial charge in [-0.05, 0) is 97.0 Å². The summed E-state index contributed by atoms with van der Waals surface area (Å²) in [6.45, 7) is 13.9. The zero-order valence-corrected chi connectivity index (χ0v) is 44.9. The van der Waals surface area contributed by atoms with Crippen LogP contribution in [0.3, 0.4) is 0 Å². The lowest BCUT2D eigenvalue weighted by molar-refractivity contribution is 0.590. The summed E-state index contributed by atoms with van der Waals surface area (Å²) in [6, 6.07) is 80.7. The third kappa shape index (κ3) is 7.61. The van der Waals surface area contributed by atoms with Crippen LogP contribution in [0.2, 0.25) is 0 Å². The SMILES string of the molecule is CC(C)(C)c1ccc2c(c1)B1c3cc(C(C)(C)C)ccc3N(c3c(-c4ccccc4)cncc3-c3ccccc3)c3cc(-n4c5ccccc5c5ccccc54)cc(c31)N2c1c(-c2ccccc2)cncc1-c1ccccc1. The Kier molecular flexibility index (Phi) is 11.0. The van der Waals surface area contributed by atoms with Crippen molar-refractivity contribution in [3.05, 3.63) is 254 Å². The number of hydrogen-bond donors (Lipinski definition) is 0. The van der Waals surface area contributed by atoms with Gasteiger partial charge in [0.25, 0.3) is 6.71 Å². The van der Waals surface area contributed by atoms with Gasteiger partial charge in [0.15, 0.2) is 0 Å². The minimum atomic E-state index is -0.159. The van der Waals surface area contributed by atoms with Crippen LogP contribution in [-0.2, 0) is 10.8 Å². The fourth-order valence-electron chi connectivity index (χ4n) is 12.4. The molecule has 5 heterocycles. The summed E-state index contributed by atoms with van der Waals surface area (Å²) in [5.74, 6) is 0. The fourth-order valence-corrected chi connectivity index (χ4v) is 12.4. The van der Waals surface area contributed by atoms with E-state index in [9.17, 15) is 0 Å². The number of nitrogens with zero attached hydrogens (tertiary/aromatic N) is 5. The molecule has 0 saturated carbocycles. The summed E-state index contributed by atoms with van der Waals surface area (Å²) in [6.07, 6.45) is 8.29. The Morgan fingerprint density at radius 1 is 0.346 bits per heavy atom. The molecule has 14 rings (SSSR count). The molecule has 2 aliphatic heterocycles. The summed E-state index contributed by atoms with van der Waals surface area (Å²) < 4.78 is 2.49. The molecule has 9 aromatic carbocycles. The lowest BCUT2D eigenvalue weighted by Crippen LogP contribution is -2.62. The number of anilines is 6. The quantitative estimate of drug-likeness (QED) is 0.149. The molecule has 12 aromatic rings. The predicted molar refractivity (Wildman–Crippen MR) is 330 cm³/mol. The summed E-state index contributed by atoms with van der Waals surface area (Å²) in [5, 5.41) is 2.43. The Bertz CT molecular complexity index is 3900. The van der Waals surface area contributed by atoms with Crippen LogP contribution in [0.4, 0.5) is 34.1 Å². The van der Waals surface area contributed by atoms with Gasteiger partial charge in [-0.3, -0.25) is 9.97 Å². The number of pyridine rings is 2. The van der Waals surface area contributed by atoms with E-state index in [1.807, 2.05) is 0 Å². The molecule has 0 amide bonds. The summed E-state index contributed by atoms with van der Waals surface area (Å²) in [4.78, 5) is 15.4. The molecule has 3 aromatic heterocycles. The van der Waals surface area contributed by atoms with Crippen molar-refractivity contribution in [2.75, 3.05) is 9.80 Å². The molecule has 0 atom stereocenters. The first-order chi connectivity index (χ1) is 38.0. The van der Waals surface area contributed by atoms with E-state index in [0.29, 0.717) is 0 Å². The minimum Gasteiger partial charge on any atom is -0.310 e. The first kappa shape index (κ1) is 47.2. The van der Waals surface area contributed by atoms with Crippen molar-refractivity contribution in [1.29, 1.82) is 0 Å². The molecule has 5 nitrogen and oxygen atoms in total. The van der Waals surface area contributed by atoms with Crippen molar-refractivity contribution in [1.82, 2.24) is 14.5 Å². The maximum absolute atomic E-state index is 5.08. The fraction of sp³-hybridized carbons (Fsp3) is 0.111. The normalized spacial score (nSPS) is 12.9. The molecule has 0 aliphatic carbocycles. The van der Waals surface area contributed by atoms with Gasteiger partial charge >= 0.3 is 0 Å². The monoisotopic (exact) mass is 1000 g/mol. The van der Waals surface area contributed by atoms with Gasteiger partial charge in [-0.2, -0.15) is 0 Å². The molecular formula is C72H58BN5. The maximum Gasteiger partial charge on any atom is 0.252 e. The van der Waals surface area contributed by atoms with Gasteiger partial charge in [0.05, 0.1) is 28.1 Å². The topological polar surface area (TPSA) is 37.2 Å². The molecule has 0 radical (unpaired) electrons. The van der Waals surface area contributed by atoms with Crippen molar-refractivity contribution < 1.29 is 0 Å². The highest BCUT2D eigenvalue weighted by Crippen LogP contribution is 2.53. The van der Waals surface area contributed by atoms with E-state index in [0.717, 1.165) is 95.4 Å². The van der Waals surface area contributed by atoms with E-state index in [1.54, 1.807) is 0 Å². The second kappa shape index (κ2) is 18.2. The average Bonchev–Trinajstić information content (AvgIpc) is 3.41. The van der Waals surface area contributed by atoms with Crippen LogP contribution in [0.15, 0.2) is 243 Å². The Labute approximate surface area is 457 Å². The Morgan fingerprint density at radius 2 is 0.679 bits per heavy atom. The standard InChI is InChI=1S/C72H58BN5/c1-71(2,3)51-35-37-64-60(39-51)73-61-40-52(72(4,5)6)36-38-65(61)78(70-58(49-27-15-9-16-28-49)45-75-46-59(70)50-29-17-10-18-30-50)67-42-53(76-62-33-21-19-31-54(62)55-32-20-22-34-63(55)76)41-66(68(67)73)77(64)69-56(47-23-11-7-12-24-47)43-74-44-57(69)48-25-13-8-14-26-48/h7-46H,1-6H3. The van der Waals surface area contributed by atoms with E-state index in [4.69, 9.17) is 9.97 Å². The number of benzene rings is 9. The molecular weight excluding hydrogens is 946 g/mol. The van der Waals surface area contributed by atoms with Crippen LogP contribution >= 0.6 is 0 Å². The lowest BCUT2D eigenvalue weighted by Gasteiger charge is -2.46. The van der Waals surface area contributed by atoms with Crippen LogP contribution in [0.1, 0.15) is 52.7 Å². The molecule has 374 valence electrons. The van der Waals surface area contributed by atoms with Gasteiger partial charge in [-0.25, -0.2) is 0 Å². The zero-order valence-electron chi connectivity index (χ0n) is 44.9. The number of aromatic nitrogens is 3. The van der Waals surface area contributed by atoms with Crippen molar-refractivity contribution >= 4 is 79.0 Å². The Morgan fingerprint density at radius 3 is 1.03 bits per heavy atom. The van der Waals surface area contributed by atoms with E-state index in [-0.39, 0.29) is 17.5 Å². The highest BCUT2D eigenvalue weighted by molar-refractivity contribution is 7.00. The molecule has 0 N–H and O–H groups in total. The first-order valence-corrected chi connectivity index (χ1v) is 27.2. The molecule has 78 heavy (non-hydrogen) atoms. The third-order valence-electron chi connectivity index (χ3n) is 16.2. The maximum atomic E-state index is 5.08. The van der Waals surface area contributed by atoms with E-state index in [2.05, 4.69) is 299 Å². The van der Waals surface area contributed by atoms with Crippen LogP contribution in [0.25, 0.3) is 72.0 Å². The molecule has 6 heteroatoms. The number of fused-ring (bicyclic) bond motifs is 7. The summed E-state index contributed by atoms with van der Waals surface area (Å²) in [5.41, 5.74) is 24.7. The van der Waals surface area contributed by atoms with Crippen molar-refractivity contribution in [3.63, 3.8) is 0 Å². The Hall–Kier alpha value is -9.26. The van der Waals surface area contributed by atoms with Crippen molar-refractivity contribution in [3.8, 4) is 50.2 Å². The van der Waals surface area contributed by atoms with Gasteiger partial charge in [0, 0.05) is 80.6 Å². The van der Waals surface area contributed by atoms with Crippen LogP contribution in [0, 0.1) is 0 Å². The molecule has 0 spiro atoms. The van der Waals surface area contributed by atoms with Crippen LogP contribution < -0.4 is 26.2 Å². The number of para-hydroxylation sites is 2. The highest BCUT2D eigenvalue weighted by atomic mass is 15.2. The first-order valence-electron chi connectivity index (χ1n) is 27.2. The molecule has 2 aliphatic rings. The lowest BCUT2D eigenvalue weighted by atomic mass is 9.33. The zero-order chi connectivity index (χ0) is 52.9. The Balaban J connectivity index is 1.21. The largest absolute Gasteiger partial charge is 0.310 e. The van der Waals surface area contributed by atoms with E-state index >= 15 is 0 Å².